The summed E-state index contributed by atoms with van der Waals surface area (Å²) in [5, 5.41) is 3.47. The van der Waals surface area contributed by atoms with Gasteiger partial charge in [0.1, 0.15) is 11.9 Å². The van der Waals surface area contributed by atoms with Crippen LogP contribution in [0.4, 0.5) is 0 Å². The summed E-state index contributed by atoms with van der Waals surface area (Å²) in [5.74, 6) is 1.83. The number of hydrogen-bond acceptors (Lipinski definition) is 4. The topological polar surface area (TPSA) is 55.3 Å². The third kappa shape index (κ3) is 5.23. The van der Waals surface area contributed by atoms with Crippen molar-refractivity contribution in [2.75, 3.05) is 40.5 Å². The SMILES string of the molecule is CN=C(NCc1ccc(OC)c(C)c1)N1CCOC(C2CCCO2)C1.I. The number of halogens is 1. The lowest BCUT2D eigenvalue weighted by atomic mass is 10.1. The number of aliphatic imine (C=N–C) groups is 1. The molecule has 1 aromatic rings. The number of nitrogens with one attached hydrogen (secondary N) is 1. The van der Waals surface area contributed by atoms with Crippen molar-refractivity contribution >= 4 is 29.9 Å². The highest BCUT2D eigenvalue weighted by molar-refractivity contribution is 14.0. The average Bonchev–Trinajstić information content (AvgIpc) is 3.17. The van der Waals surface area contributed by atoms with E-state index in [0.29, 0.717) is 6.61 Å². The fourth-order valence-corrected chi connectivity index (χ4v) is 3.55. The Morgan fingerprint density at radius 2 is 2.12 bits per heavy atom. The molecule has 0 bridgehead atoms. The van der Waals surface area contributed by atoms with E-state index in [9.17, 15) is 0 Å². The van der Waals surface area contributed by atoms with Crippen LogP contribution in [0.5, 0.6) is 5.75 Å². The van der Waals surface area contributed by atoms with Gasteiger partial charge in [-0.2, -0.15) is 0 Å². The van der Waals surface area contributed by atoms with Crippen LogP contribution in [-0.4, -0.2) is 63.5 Å². The van der Waals surface area contributed by atoms with Gasteiger partial charge in [-0.25, -0.2) is 0 Å². The second-order valence-electron chi connectivity index (χ2n) is 6.61. The summed E-state index contributed by atoms with van der Waals surface area (Å²) in [6, 6.07) is 6.24. The second-order valence-corrected chi connectivity index (χ2v) is 6.61. The summed E-state index contributed by atoms with van der Waals surface area (Å²) >= 11 is 0. The van der Waals surface area contributed by atoms with Gasteiger partial charge in [0, 0.05) is 33.3 Å². The van der Waals surface area contributed by atoms with Gasteiger partial charge in [0.15, 0.2) is 5.96 Å². The Bertz CT molecular complexity index is 606. The molecule has 1 N–H and O–H groups in total. The number of guanidine groups is 1. The van der Waals surface area contributed by atoms with Gasteiger partial charge >= 0.3 is 0 Å². The van der Waals surface area contributed by atoms with Crippen molar-refractivity contribution in [2.24, 2.45) is 4.99 Å². The highest BCUT2D eigenvalue weighted by atomic mass is 127. The molecule has 6 nitrogen and oxygen atoms in total. The van der Waals surface area contributed by atoms with Crippen molar-refractivity contribution in [1.82, 2.24) is 10.2 Å². The fraction of sp³-hybridized carbons (Fsp3) is 0.632. The molecule has 2 atom stereocenters. The number of morpholine rings is 1. The minimum atomic E-state index is 0. The zero-order valence-electron chi connectivity index (χ0n) is 15.9. The molecule has 0 spiro atoms. The van der Waals surface area contributed by atoms with E-state index < -0.39 is 0 Å². The minimum absolute atomic E-state index is 0. The maximum atomic E-state index is 5.93. The van der Waals surface area contributed by atoms with E-state index in [1.54, 1.807) is 7.11 Å². The van der Waals surface area contributed by atoms with Crippen LogP contribution in [0.15, 0.2) is 23.2 Å². The molecule has 2 aliphatic heterocycles. The summed E-state index contributed by atoms with van der Waals surface area (Å²) < 4.78 is 17.0. The van der Waals surface area contributed by atoms with E-state index in [0.717, 1.165) is 56.4 Å². The number of hydrogen-bond donors (Lipinski definition) is 1. The molecule has 3 rings (SSSR count). The first kappa shape index (κ1) is 21.2. The van der Waals surface area contributed by atoms with E-state index in [1.165, 1.54) is 5.56 Å². The molecule has 146 valence electrons. The van der Waals surface area contributed by atoms with Crippen LogP contribution in [0, 0.1) is 6.92 Å². The second kappa shape index (κ2) is 10.3. The summed E-state index contributed by atoms with van der Waals surface area (Å²) in [6.07, 6.45) is 2.59. The summed E-state index contributed by atoms with van der Waals surface area (Å²) in [4.78, 5) is 6.72. The summed E-state index contributed by atoms with van der Waals surface area (Å²) in [7, 11) is 3.53. The molecule has 0 saturated carbocycles. The van der Waals surface area contributed by atoms with Crippen molar-refractivity contribution in [2.45, 2.75) is 38.5 Å². The maximum Gasteiger partial charge on any atom is 0.194 e. The number of aryl methyl sites for hydroxylation is 1. The van der Waals surface area contributed by atoms with E-state index >= 15 is 0 Å². The molecule has 0 aromatic heterocycles. The molecule has 26 heavy (non-hydrogen) atoms. The Morgan fingerprint density at radius 3 is 2.77 bits per heavy atom. The molecule has 0 radical (unpaired) electrons. The van der Waals surface area contributed by atoms with Crippen LogP contribution < -0.4 is 10.1 Å². The molecular formula is C19H30IN3O3. The average molecular weight is 475 g/mol. The minimum Gasteiger partial charge on any atom is -0.496 e. The summed E-state index contributed by atoms with van der Waals surface area (Å²) in [5.41, 5.74) is 2.35. The van der Waals surface area contributed by atoms with Gasteiger partial charge in [-0.3, -0.25) is 4.99 Å². The molecule has 7 heteroatoms. The van der Waals surface area contributed by atoms with Gasteiger partial charge < -0.3 is 24.4 Å². The van der Waals surface area contributed by atoms with Gasteiger partial charge in [-0.15, -0.1) is 24.0 Å². The smallest absolute Gasteiger partial charge is 0.194 e. The number of rotatable bonds is 4. The Balaban J connectivity index is 0.00000243. The fourth-order valence-electron chi connectivity index (χ4n) is 3.55. The predicted octanol–water partition coefficient (Wildman–Crippen LogP) is 2.58. The van der Waals surface area contributed by atoms with Crippen LogP contribution >= 0.6 is 24.0 Å². The number of nitrogens with zero attached hydrogens (tertiary/aromatic N) is 2. The highest BCUT2D eigenvalue weighted by Gasteiger charge is 2.32. The van der Waals surface area contributed by atoms with Gasteiger partial charge in [0.25, 0.3) is 0 Å². The first-order valence-corrected chi connectivity index (χ1v) is 9.03. The standard InChI is InChI=1S/C19H29N3O3.HI/c1-14-11-15(6-7-16(14)23-3)12-21-19(20-2)22-8-10-25-18(13-22)17-5-4-9-24-17;/h6-7,11,17-18H,4-5,8-10,12-13H2,1-3H3,(H,20,21);1H. The maximum absolute atomic E-state index is 5.93. The van der Waals surface area contributed by atoms with E-state index in [2.05, 4.69) is 34.3 Å². The zero-order chi connectivity index (χ0) is 17.6. The van der Waals surface area contributed by atoms with E-state index in [4.69, 9.17) is 14.2 Å². The Labute approximate surface area is 173 Å². The molecule has 2 heterocycles. The van der Waals surface area contributed by atoms with E-state index in [-0.39, 0.29) is 36.2 Å². The van der Waals surface area contributed by atoms with Crippen molar-refractivity contribution in [3.63, 3.8) is 0 Å². The van der Waals surface area contributed by atoms with Crippen LogP contribution in [0.1, 0.15) is 24.0 Å². The Morgan fingerprint density at radius 1 is 1.31 bits per heavy atom. The molecule has 2 fully saturated rings. The molecule has 0 aliphatic carbocycles. The molecule has 0 amide bonds. The van der Waals surface area contributed by atoms with Crippen LogP contribution in [0.3, 0.4) is 0 Å². The Hall–Kier alpha value is -1.06. The van der Waals surface area contributed by atoms with Crippen LogP contribution in [-0.2, 0) is 16.0 Å². The lowest BCUT2D eigenvalue weighted by molar-refractivity contribution is -0.0817. The lowest BCUT2D eigenvalue weighted by Gasteiger charge is -2.37. The number of methoxy groups -OCH3 is 1. The first-order chi connectivity index (χ1) is 12.2. The van der Waals surface area contributed by atoms with Crippen molar-refractivity contribution in [3.05, 3.63) is 29.3 Å². The highest BCUT2D eigenvalue weighted by Crippen LogP contribution is 2.21. The zero-order valence-corrected chi connectivity index (χ0v) is 18.2. The molecule has 2 unspecified atom stereocenters. The number of ether oxygens (including phenoxy) is 3. The third-order valence-corrected chi connectivity index (χ3v) is 4.89. The normalized spacial score (nSPS) is 23.5. The van der Waals surface area contributed by atoms with E-state index in [1.807, 2.05) is 13.1 Å². The predicted molar refractivity (Wildman–Crippen MR) is 114 cm³/mol. The monoisotopic (exact) mass is 475 g/mol. The molecular weight excluding hydrogens is 445 g/mol. The first-order valence-electron chi connectivity index (χ1n) is 9.03. The van der Waals surface area contributed by atoms with Gasteiger partial charge in [0.05, 0.1) is 19.8 Å². The van der Waals surface area contributed by atoms with Gasteiger partial charge in [-0.1, -0.05) is 12.1 Å². The van der Waals surface area contributed by atoms with Crippen LogP contribution in [0.25, 0.3) is 0 Å². The van der Waals surface area contributed by atoms with Crippen LogP contribution in [0.2, 0.25) is 0 Å². The quantitative estimate of drug-likeness (QED) is 0.412. The lowest BCUT2D eigenvalue weighted by Crippen LogP contribution is -2.53. The molecule has 1 aromatic carbocycles. The van der Waals surface area contributed by atoms with Crippen molar-refractivity contribution < 1.29 is 14.2 Å². The third-order valence-electron chi connectivity index (χ3n) is 4.89. The van der Waals surface area contributed by atoms with Gasteiger partial charge in [0.2, 0.25) is 0 Å². The molecule has 2 aliphatic rings. The van der Waals surface area contributed by atoms with Crippen molar-refractivity contribution in [3.8, 4) is 5.75 Å². The summed E-state index contributed by atoms with van der Waals surface area (Å²) in [6.45, 7) is 6.04. The Kier molecular flexibility index (Phi) is 8.43. The molecule has 2 saturated heterocycles. The number of benzene rings is 1. The largest absolute Gasteiger partial charge is 0.496 e. The van der Waals surface area contributed by atoms with Gasteiger partial charge in [-0.05, 0) is 37.0 Å². The van der Waals surface area contributed by atoms with Crippen molar-refractivity contribution in [1.29, 1.82) is 0 Å².